The van der Waals surface area contributed by atoms with Gasteiger partial charge in [-0.15, -0.1) is 0 Å². The van der Waals surface area contributed by atoms with E-state index in [1.54, 1.807) is 6.08 Å². The second-order valence-electron chi connectivity index (χ2n) is 3.42. The van der Waals surface area contributed by atoms with Crippen molar-refractivity contribution < 1.29 is 14.3 Å². The van der Waals surface area contributed by atoms with Gasteiger partial charge in [-0.05, 0) is 11.6 Å². The van der Waals surface area contributed by atoms with E-state index in [1.807, 2.05) is 30.3 Å². The highest BCUT2D eigenvalue weighted by Crippen LogP contribution is 2.28. The van der Waals surface area contributed by atoms with Crippen LogP contribution in [0.15, 0.2) is 53.8 Å². The van der Waals surface area contributed by atoms with Gasteiger partial charge in [0.15, 0.2) is 12.4 Å². The molecule has 0 aliphatic carbocycles. The van der Waals surface area contributed by atoms with E-state index in [9.17, 15) is 9.59 Å². The fourth-order valence-electron chi connectivity index (χ4n) is 1.58. The Labute approximate surface area is 93.0 Å². The Morgan fingerprint density at radius 3 is 2.44 bits per heavy atom. The van der Waals surface area contributed by atoms with Crippen LogP contribution in [0.5, 0.6) is 0 Å². The highest BCUT2D eigenvalue weighted by Gasteiger charge is 2.20. The molecule has 2 rings (SSSR count). The van der Waals surface area contributed by atoms with Gasteiger partial charge in [0.1, 0.15) is 6.29 Å². The van der Waals surface area contributed by atoms with Crippen molar-refractivity contribution in [3.05, 3.63) is 59.4 Å². The molecule has 80 valence electrons. The predicted molar refractivity (Wildman–Crippen MR) is 58.6 cm³/mol. The number of ether oxygens (including phenoxy) is 1. The second kappa shape index (κ2) is 4.57. The number of rotatable bonds is 3. The van der Waals surface area contributed by atoms with Gasteiger partial charge in [0.25, 0.3) is 0 Å². The summed E-state index contributed by atoms with van der Waals surface area (Å²) in [6.45, 7) is 0. The van der Waals surface area contributed by atoms with Crippen LogP contribution in [-0.2, 0) is 14.3 Å². The van der Waals surface area contributed by atoms with Crippen LogP contribution in [0.4, 0.5) is 0 Å². The maximum Gasteiger partial charge on any atom is 0.153 e. The standard InChI is InChI=1S/C13H10O3/c14-7-10-6-12(8-15)13(16-9-10)11-4-2-1-3-5-11/h1-9,13H. The summed E-state index contributed by atoms with van der Waals surface area (Å²) in [6, 6.07) is 9.40. The first-order valence-corrected chi connectivity index (χ1v) is 4.87. The number of aldehydes is 2. The molecule has 1 aliphatic rings. The minimum absolute atomic E-state index is 0.370. The number of benzene rings is 1. The third-order valence-corrected chi connectivity index (χ3v) is 2.35. The Morgan fingerprint density at radius 1 is 1.06 bits per heavy atom. The molecule has 1 heterocycles. The van der Waals surface area contributed by atoms with E-state index < -0.39 is 6.10 Å². The first-order chi connectivity index (χ1) is 7.85. The van der Waals surface area contributed by atoms with Crippen LogP contribution in [0.1, 0.15) is 11.7 Å². The Morgan fingerprint density at radius 2 is 1.81 bits per heavy atom. The summed E-state index contributed by atoms with van der Waals surface area (Å²) < 4.78 is 5.38. The van der Waals surface area contributed by atoms with Crippen molar-refractivity contribution in [2.24, 2.45) is 0 Å². The Kier molecular flexibility index (Phi) is 2.96. The van der Waals surface area contributed by atoms with Gasteiger partial charge >= 0.3 is 0 Å². The van der Waals surface area contributed by atoms with Gasteiger partial charge in [0.05, 0.1) is 6.26 Å². The van der Waals surface area contributed by atoms with Crippen molar-refractivity contribution in [3.8, 4) is 0 Å². The van der Waals surface area contributed by atoms with Crippen LogP contribution in [0, 0.1) is 0 Å². The fraction of sp³-hybridized carbons (Fsp3) is 0.0769. The minimum atomic E-state index is -0.414. The minimum Gasteiger partial charge on any atom is -0.488 e. The van der Waals surface area contributed by atoms with E-state index in [4.69, 9.17) is 4.74 Å². The van der Waals surface area contributed by atoms with E-state index >= 15 is 0 Å². The predicted octanol–water partition coefficient (Wildman–Crippen LogP) is 1.97. The summed E-state index contributed by atoms with van der Waals surface area (Å²) in [7, 11) is 0. The number of hydrogen-bond donors (Lipinski definition) is 0. The zero-order valence-corrected chi connectivity index (χ0v) is 8.50. The summed E-state index contributed by atoms with van der Waals surface area (Å²) in [4.78, 5) is 21.5. The van der Waals surface area contributed by atoms with Crippen molar-refractivity contribution in [1.82, 2.24) is 0 Å². The van der Waals surface area contributed by atoms with Crippen LogP contribution >= 0.6 is 0 Å². The molecule has 3 heteroatoms. The molecule has 0 amide bonds. The topological polar surface area (TPSA) is 43.4 Å². The molecule has 1 aromatic rings. The van der Waals surface area contributed by atoms with E-state index in [0.717, 1.165) is 5.56 Å². The molecule has 1 atom stereocenters. The Bertz CT molecular complexity index is 457. The maximum absolute atomic E-state index is 10.9. The lowest BCUT2D eigenvalue weighted by molar-refractivity contribution is -0.105. The molecule has 3 nitrogen and oxygen atoms in total. The Hall–Kier alpha value is -2.16. The van der Waals surface area contributed by atoms with Gasteiger partial charge in [0, 0.05) is 11.1 Å². The molecule has 16 heavy (non-hydrogen) atoms. The second-order valence-corrected chi connectivity index (χ2v) is 3.42. The molecule has 1 aliphatic heterocycles. The van der Waals surface area contributed by atoms with Crippen LogP contribution in [-0.4, -0.2) is 12.6 Å². The lowest BCUT2D eigenvalue weighted by atomic mass is 9.99. The molecule has 1 unspecified atom stereocenters. The smallest absolute Gasteiger partial charge is 0.153 e. The summed E-state index contributed by atoms with van der Waals surface area (Å²) in [6.07, 6.45) is 3.87. The average molecular weight is 214 g/mol. The number of carbonyl (C=O) groups is 2. The molecule has 1 aromatic carbocycles. The monoisotopic (exact) mass is 214 g/mol. The fourth-order valence-corrected chi connectivity index (χ4v) is 1.58. The molecule has 0 N–H and O–H groups in total. The van der Waals surface area contributed by atoms with Gasteiger partial charge in [-0.1, -0.05) is 30.3 Å². The first kappa shape index (κ1) is 10.4. The molecular weight excluding hydrogens is 204 g/mol. The van der Waals surface area contributed by atoms with E-state index in [-0.39, 0.29) is 0 Å². The molecule has 0 saturated carbocycles. The van der Waals surface area contributed by atoms with Crippen LogP contribution in [0.3, 0.4) is 0 Å². The molecule has 0 spiro atoms. The zero-order valence-electron chi connectivity index (χ0n) is 8.50. The van der Waals surface area contributed by atoms with Crippen molar-refractivity contribution in [3.63, 3.8) is 0 Å². The number of hydrogen-bond acceptors (Lipinski definition) is 3. The highest BCUT2D eigenvalue weighted by molar-refractivity contribution is 5.84. The SMILES string of the molecule is O=CC1=COC(c2ccccc2)C(C=O)=C1. The lowest BCUT2D eigenvalue weighted by Crippen LogP contribution is -2.10. The average Bonchev–Trinajstić information content (AvgIpc) is 2.39. The van der Waals surface area contributed by atoms with Crippen molar-refractivity contribution >= 4 is 12.6 Å². The largest absolute Gasteiger partial charge is 0.488 e. The highest BCUT2D eigenvalue weighted by atomic mass is 16.5. The number of carbonyl (C=O) groups excluding carboxylic acids is 2. The van der Waals surface area contributed by atoms with Crippen molar-refractivity contribution in [2.45, 2.75) is 6.10 Å². The van der Waals surface area contributed by atoms with Crippen LogP contribution < -0.4 is 0 Å². The third-order valence-electron chi connectivity index (χ3n) is 2.35. The van der Waals surface area contributed by atoms with Crippen molar-refractivity contribution in [2.75, 3.05) is 0 Å². The van der Waals surface area contributed by atoms with Gasteiger partial charge < -0.3 is 4.74 Å². The Balaban J connectivity index is 2.33. The molecular formula is C13H10O3. The molecule has 0 aromatic heterocycles. The van der Waals surface area contributed by atoms with Crippen LogP contribution in [0.25, 0.3) is 0 Å². The van der Waals surface area contributed by atoms with Gasteiger partial charge in [0.2, 0.25) is 0 Å². The van der Waals surface area contributed by atoms with Gasteiger partial charge in [-0.3, -0.25) is 9.59 Å². The quantitative estimate of drug-likeness (QED) is 0.722. The van der Waals surface area contributed by atoms with E-state index in [0.29, 0.717) is 23.7 Å². The lowest BCUT2D eigenvalue weighted by Gasteiger charge is -2.20. The van der Waals surface area contributed by atoms with Gasteiger partial charge in [-0.2, -0.15) is 0 Å². The van der Waals surface area contributed by atoms with Crippen molar-refractivity contribution in [1.29, 1.82) is 0 Å². The third kappa shape index (κ3) is 1.93. The summed E-state index contributed by atoms with van der Waals surface area (Å²) >= 11 is 0. The zero-order chi connectivity index (χ0) is 11.4. The summed E-state index contributed by atoms with van der Waals surface area (Å²) in [5.41, 5.74) is 1.71. The van der Waals surface area contributed by atoms with E-state index in [2.05, 4.69) is 0 Å². The van der Waals surface area contributed by atoms with E-state index in [1.165, 1.54) is 6.26 Å². The van der Waals surface area contributed by atoms with Gasteiger partial charge in [-0.25, -0.2) is 0 Å². The maximum atomic E-state index is 10.9. The molecule has 0 saturated heterocycles. The van der Waals surface area contributed by atoms with Crippen LogP contribution in [0.2, 0.25) is 0 Å². The molecule has 0 fully saturated rings. The summed E-state index contributed by atoms with van der Waals surface area (Å²) in [5.74, 6) is 0. The molecule has 0 bridgehead atoms. The first-order valence-electron chi connectivity index (χ1n) is 4.87. The summed E-state index contributed by atoms with van der Waals surface area (Å²) in [5, 5.41) is 0. The normalized spacial score (nSPS) is 19.1. The number of allylic oxidation sites excluding steroid dienone is 2. The molecule has 0 radical (unpaired) electrons.